The van der Waals surface area contributed by atoms with Crippen LogP contribution in [0.4, 0.5) is 5.69 Å². The van der Waals surface area contributed by atoms with Crippen LogP contribution in [0.5, 0.6) is 0 Å². The summed E-state index contributed by atoms with van der Waals surface area (Å²) < 4.78 is 5.19. The summed E-state index contributed by atoms with van der Waals surface area (Å²) in [6.45, 7) is 0. The number of hydrogen-bond acceptors (Lipinski definition) is 5. The number of aromatic nitrogens is 2. The molecule has 0 spiro atoms. The van der Waals surface area contributed by atoms with Crippen LogP contribution in [0, 0.1) is 0 Å². The van der Waals surface area contributed by atoms with Crippen LogP contribution in [-0.4, -0.2) is 29.0 Å². The van der Waals surface area contributed by atoms with Gasteiger partial charge in [0.1, 0.15) is 0 Å². The fourth-order valence-electron chi connectivity index (χ4n) is 2.35. The number of carbonyl (C=O) groups excluding carboxylic acids is 2. The third-order valence-corrected chi connectivity index (χ3v) is 3.72. The predicted octanol–water partition coefficient (Wildman–Crippen LogP) is 2.67. The smallest absolute Gasteiger partial charge is 0.251 e. The van der Waals surface area contributed by atoms with Crippen molar-refractivity contribution < 1.29 is 14.1 Å². The lowest BCUT2D eigenvalue weighted by molar-refractivity contribution is -0.116. The molecule has 2 amide bonds. The quantitative estimate of drug-likeness (QED) is 0.712. The van der Waals surface area contributed by atoms with E-state index in [2.05, 4.69) is 20.8 Å². The molecule has 132 valence electrons. The number of benzene rings is 2. The average molecular weight is 350 g/mol. The van der Waals surface area contributed by atoms with E-state index in [9.17, 15) is 9.59 Å². The zero-order valence-corrected chi connectivity index (χ0v) is 14.2. The third-order valence-electron chi connectivity index (χ3n) is 3.72. The first-order chi connectivity index (χ1) is 12.7. The fraction of sp³-hybridized carbons (Fsp3) is 0.158. The molecule has 0 aliphatic heterocycles. The molecule has 7 nitrogen and oxygen atoms in total. The maximum atomic E-state index is 12.1. The van der Waals surface area contributed by atoms with E-state index in [4.69, 9.17) is 4.52 Å². The van der Waals surface area contributed by atoms with Gasteiger partial charge in [-0.05, 0) is 24.3 Å². The van der Waals surface area contributed by atoms with E-state index in [0.717, 1.165) is 5.56 Å². The van der Waals surface area contributed by atoms with E-state index >= 15 is 0 Å². The normalized spacial score (nSPS) is 10.3. The summed E-state index contributed by atoms with van der Waals surface area (Å²) in [7, 11) is 1.57. The highest BCUT2D eigenvalue weighted by molar-refractivity contribution is 5.95. The molecular formula is C19H18N4O3. The second kappa shape index (κ2) is 8.06. The van der Waals surface area contributed by atoms with Crippen molar-refractivity contribution in [2.24, 2.45) is 0 Å². The number of nitrogens with one attached hydrogen (secondary N) is 2. The van der Waals surface area contributed by atoms with E-state index < -0.39 is 0 Å². The van der Waals surface area contributed by atoms with Gasteiger partial charge < -0.3 is 15.2 Å². The van der Waals surface area contributed by atoms with Crippen LogP contribution in [-0.2, 0) is 11.2 Å². The van der Waals surface area contributed by atoms with Crippen LogP contribution in [0.2, 0.25) is 0 Å². The van der Waals surface area contributed by atoms with Crippen molar-refractivity contribution in [3.8, 4) is 11.4 Å². The maximum absolute atomic E-state index is 12.1. The summed E-state index contributed by atoms with van der Waals surface area (Å²) >= 11 is 0. The molecule has 0 bridgehead atoms. The molecule has 2 aromatic carbocycles. The highest BCUT2D eigenvalue weighted by Crippen LogP contribution is 2.16. The Hall–Kier alpha value is -3.48. The Morgan fingerprint density at radius 3 is 2.46 bits per heavy atom. The molecule has 3 aromatic rings. The molecule has 0 aliphatic carbocycles. The van der Waals surface area contributed by atoms with Crippen LogP contribution >= 0.6 is 0 Å². The van der Waals surface area contributed by atoms with Gasteiger partial charge in [-0.3, -0.25) is 9.59 Å². The third kappa shape index (κ3) is 4.32. The van der Waals surface area contributed by atoms with Gasteiger partial charge in [-0.1, -0.05) is 35.5 Å². The van der Waals surface area contributed by atoms with Gasteiger partial charge in [0.15, 0.2) is 0 Å². The zero-order valence-electron chi connectivity index (χ0n) is 14.2. The molecule has 0 atom stereocenters. The van der Waals surface area contributed by atoms with Gasteiger partial charge in [-0.2, -0.15) is 4.98 Å². The first-order valence-electron chi connectivity index (χ1n) is 8.15. The highest BCUT2D eigenvalue weighted by Gasteiger charge is 2.11. The number of aryl methyl sites for hydroxylation is 1. The molecule has 0 saturated carbocycles. The first-order valence-corrected chi connectivity index (χ1v) is 8.15. The second-order valence-electron chi connectivity index (χ2n) is 5.58. The zero-order chi connectivity index (χ0) is 18.4. The van der Waals surface area contributed by atoms with Gasteiger partial charge in [0, 0.05) is 36.7 Å². The van der Waals surface area contributed by atoms with Gasteiger partial charge in [-0.25, -0.2) is 0 Å². The standard InChI is InChI=1S/C19H18N4O3/c1-20-19(25)14-7-9-15(10-8-14)21-16(24)11-12-17-22-18(23-26-17)13-5-3-2-4-6-13/h2-10H,11-12H2,1H3,(H,20,25)(H,21,24). The molecule has 0 radical (unpaired) electrons. The highest BCUT2D eigenvalue weighted by atomic mass is 16.5. The van der Waals surface area contributed by atoms with Crippen molar-refractivity contribution in [2.45, 2.75) is 12.8 Å². The Bertz CT molecular complexity index is 889. The Labute approximate surface area is 150 Å². The van der Waals surface area contributed by atoms with Crippen molar-refractivity contribution in [1.82, 2.24) is 15.5 Å². The van der Waals surface area contributed by atoms with Gasteiger partial charge >= 0.3 is 0 Å². The molecule has 26 heavy (non-hydrogen) atoms. The van der Waals surface area contributed by atoms with E-state index in [1.807, 2.05) is 30.3 Å². The first kappa shape index (κ1) is 17.3. The van der Waals surface area contributed by atoms with Crippen LogP contribution in [0.25, 0.3) is 11.4 Å². The molecule has 1 aromatic heterocycles. The van der Waals surface area contributed by atoms with Crippen LogP contribution in [0.3, 0.4) is 0 Å². The van der Waals surface area contributed by atoms with Crippen LogP contribution in [0.1, 0.15) is 22.7 Å². The number of amides is 2. The van der Waals surface area contributed by atoms with Crippen molar-refractivity contribution >= 4 is 17.5 Å². The summed E-state index contributed by atoms with van der Waals surface area (Å²) in [5.74, 6) is 0.574. The lowest BCUT2D eigenvalue weighted by Gasteiger charge is -2.05. The van der Waals surface area contributed by atoms with Crippen molar-refractivity contribution in [3.05, 3.63) is 66.1 Å². The van der Waals surface area contributed by atoms with E-state index in [-0.39, 0.29) is 18.2 Å². The lowest BCUT2D eigenvalue weighted by atomic mass is 10.2. The summed E-state index contributed by atoms with van der Waals surface area (Å²) in [5.41, 5.74) is 2.02. The Morgan fingerprint density at radius 1 is 1.04 bits per heavy atom. The Balaban J connectivity index is 1.53. The summed E-state index contributed by atoms with van der Waals surface area (Å²) in [4.78, 5) is 27.8. The molecule has 0 saturated heterocycles. The fourth-order valence-corrected chi connectivity index (χ4v) is 2.35. The number of anilines is 1. The Kier molecular flexibility index (Phi) is 5.38. The summed E-state index contributed by atoms with van der Waals surface area (Å²) in [6.07, 6.45) is 0.565. The molecule has 1 heterocycles. The minimum absolute atomic E-state index is 0.169. The Morgan fingerprint density at radius 2 is 1.77 bits per heavy atom. The molecule has 7 heteroatoms. The predicted molar refractivity (Wildman–Crippen MR) is 96.5 cm³/mol. The largest absolute Gasteiger partial charge is 0.355 e. The minimum atomic E-state index is -0.173. The topological polar surface area (TPSA) is 97.1 Å². The van der Waals surface area contributed by atoms with Crippen LogP contribution in [0.15, 0.2) is 59.1 Å². The maximum Gasteiger partial charge on any atom is 0.251 e. The average Bonchev–Trinajstić information content (AvgIpc) is 3.16. The second-order valence-corrected chi connectivity index (χ2v) is 5.58. The molecule has 2 N–H and O–H groups in total. The SMILES string of the molecule is CNC(=O)c1ccc(NC(=O)CCc2nc(-c3ccccc3)no2)cc1. The van der Waals surface area contributed by atoms with Gasteiger partial charge in [-0.15, -0.1) is 0 Å². The van der Waals surface area contributed by atoms with Crippen molar-refractivity contribution in [2.75, 3.05) is 12.4 Å². The van der Waals surface area contributed by atoms with E-state index in [1.165, 1.54) is 0 Å². The number of hydrogen-bond donors (Lipinski definition) is 2. The monoisotopic (exact) mass is 350 g/mol. The number of nitrogens with zero attached hydrogens (tertiary/aromatic N) is 2. The van der Waals surface area contributed by atoms with Gasteiger partial charge in [0.05, 0.1) is 0 Å². The summed E-state index contributed by atoms with van der Waals surface area (Å²) in [6, 6.07) is 16.2. The van der Waals surface area contributed by atoms with E-state index in [1.54, 1.807) is 31.3 Å². The lowest BCUT2D eigenvalue weighted by Crippen LogP contribution is -2.18. The van der Waals surface area contributed by atoms with E-state index in [0.29, 0.717) is 29.4 Å². The van der Waals surface area contributed by atoms with Crippen molar-refractivity contribution in [1.29, 1.82) is 0 Å². The summed E-state index contributed by atoms with van der Waals surface area (Å²) in [5, 5.41) is 9.25. The molecule has 0 unspecified atom stereocenters. The van der Waals surface area contributed by atoms with Crippen molar-refractivity contribution in [3.63, 3.8) is 0 Å². The van der Waals surface area contributed by atoms with Gasteiger partial charge in [0.25, 0.3) is 5.91 Å². The van der Waals surface area contributed by atoms with Gasteiger partial charge in [0.2, 0.25) is 17.6 Å². The molecule has 0 fully saturated rings. The number of carbonyl (C=O) groups is 2. The number of rotatable bonds is 6. The van der Waals surface area contributed by atoms with Crippen LogP contribution < -0.4 is 10.6 Å². The molecule has 3 rings (SSSR count). The minimum Gasteiger partial charge on any atom is -0.355 e. The molecule has 0 aliphatic rings. The molecular weight excluding hydrogens is 332 g/mol.